The molecule has 0 unspecified atom stereocenters. The van der Waals surface area contributed by atoms with Crippen molar-refractivity contribution < 1.29 is 4.79 Å². The van der Waals surface area contributed by atoms with Crippen molar-refractivity contribution in [2.24, 2.45) is 7.05 Å². The van der Waals surface area contributed by atoms with Gasteiger partial charge in [0, 0.05) is 53.4 Å². The maximum atomic E-state index is 14.1. The zero-order chi connectivity index (χ0) is 26.3. The Kier molecular flexibility index (Phi) is 5.73. The SMILES string of the molecule is Cn1c2ccccc2c2cc([C@H]3[C@H](Cn4cnnc4)c4ccccc4C(=O)N3CCc3ccccc3)ccc21. The maximum Gasteiger partial charge on any atom is 0.254 e. The molecule has 0 saturated heterocycles. The molecule has 2 aromatic heterocycles. The first kappa shape index (κ1) is 23.4. The molecule has 6 aromatic rings. The van der Waals surface area contributed by atoms with Crippen LogP contribution in [-0.4, -0.2) is 36.7 Å². The minimum Gasteiger partial charge on any atom is -0.344 e. The van der Waals surface area contributed by atoms with Crippen molar-refractivity contribution in [3.63, 3.8) is 0 Å². The van der Waals surface area contributed by atoms with Crippen molar-refractivity contribution in [3.8, 4) is 0 Å². The summed E-state index contributed by atoms with van der Waals surface area (Å²) >= 11 is 0. The van der Waals surface area contributed by atoms with Crippen molar-refractivity contribution in [2.45, 2.75) is 24.9 Å². The number of aryl methyl sites for hydroxylation is 1. The third-order valence-corrected chi connectivity index (χ3v) is 8.21. The van der Waals surface area contributed by atoms with Crippen LogP contribution < -0.4 is 0 Å². The van der Waals surface area contributed by atoms with Gasteiger partial charge in [-0.05, 0) is 47.4 Å². The Balaban J connectivity index is 1.40. The lowest BCUT2D eigenvalue weighted by atomic mass is 9.79. The summed E-state index contributed by atoms with van der Waals surface area (Å²) < 4.78 is 4.27. The van der Waals surface area contributed by atoms with E-state index in [1.807, 2.05) is 28.8 Å². The number of hydrogen-bond donors (Lipinski definition) is 0. The molecule has 192 valence electrons. The summed E-state index contributed by atoms with van der Waals surface area (Å²) in [6.45, 7) is 1.31. The predicted molar refractivity (Wildman–Crippen MR) is 154 cm³/mol. The van der Waals surface area contributed by atoms with E-state index in [0.29, 0.717) is 13.1 Å². The van der Waals surface area contributed by atoms with Crippen LogP contribution in [0, 0.1) is 0 Å². The van der Waals surface area contributed by atoms with Crippen LogP contribution in [0.2, 0.25) is 0 Å². The molecule has 1 amide bonds. The van der Waals surface area contributed by atoms with E-state index in [4.69, 9.17) is 0 Å². The largest absolute Gasteiger partial charge is 0.344 e. The molecule has 0 aliphatic carbocycles. The van der Waals surface area contributed by atoms with Crippen molar-refractivity contribution in [3.05, 3.63) is 132 Å². The number of hydrogen-bond acceptors (Lipinski definition) is 3. The molecule has 6 heteroatoms. The summed E-state index contributed by atoms with van der Waals surface area (Å²) in [5.74, 6) is 0.127. The number of para-hydroxylation sites is 1. The first-order valence-corrected chi connectivity index (χ1v) is 13.4. The second-order valence-corrected chi connectivity index (χ2v) is 10.4. The number of carbonyl (C=O) groups is 1. The first-order valence-electron chi connectivity index (χ1n) is 13.4. The lowest BCUT2D eigenvalue weighted by molar-refractivity contribution is 0.0599. The molecule has 39 heavy (non-hydrogen) atoms. The Morgan fingerprint density at radius 1 is 0.769 bits per heavy atom. The van der Waals surface area contributed by atoms with Crippen molar-refractivity contribution in [1.29, 1.82) is 0 Å². The molecule has 0 bridgehead atoms. The summed E-state index contributed by atoms with van der Waals surface area (Å²) in [5.41, 5.74) is 6.63. The fourth-order valence-electron chi connectivity index (χ4n) is 6.34. The highest BCUT2D eigenvalue weighted by molar-refractivity contribution is 6.08. The minimum atomic E-state index is -0.137. The van der Waals surface area contributed by atoms with Gasteiger partial charge < -0.3 is 14.0 Å². The number of nitrogens with zero attached hydrogens (tertiary/aromatic N) is 5. The molecule has 0 N–H and O–H groups in total. The second-order valence-electron chi connectivity index (χ2n) is 10.4. The van der Waals surface area contributed by atoms with Gasteiger partial charge >= 0.3 is 0 Å². The van der Waals surface area contributed by atoms with E-state index >= 15 is 0 Å². The van der Waals surface area contributed by atoms with Crippen LogP contribution in [-0.2, 0) is 20.0 Å². The Bertz CT molecular complexity index is 1790. The van der Waals surface area contributed by atoms with E-state index in [9.17, 15) is 4.79 Å². The summed E-state index contributed by atoms with van der Waals surface area (Å²) in [7, 11) is 2.12. The van der Waals surface area contributed by atoms with Crippen LogP contribution in [0.3, 0.4) is 0 Å². The fraction of sp³-hybridized carbons (Fsp3) is 0.182. The average molecular weight is 512 g/mol. The number of aromatic nitrogens is 4. The molecule has 0 saturated carbocycles. The van der Waals surface area contributed by atoms with Crippen molar-refractivity contribution in [1.82, 2.24) is 24.2 Å². The molecule has 6 nitrogen and oxygen atoms in total. The Labute approximate surface area is 227 Å². The zero-order valence-corrected chi connectivity index (χ0v) is 21.8. The highest BCUT2D eigenvalue weighted by atomic mass is 16.2. The minimum absolute atomic E-state index is 0.0399. The highest BCUT2D eigenvalue weighted by Crippen LogP contribution is 2.45. The van der Waals surface area contributed by atoms with E-state index < -0.39 is 0 Å². The van der Waals surface area contributed by atoms with E-state index in [0.717, 1.165) is 23.1 Å². The Morgan fingerprint density at radius 2 is 1.49 bits per heavy atom. The average Bonchev–Trinajstić information content (AvgIpc) is 3.60. The van der Waals surface area contributed by atoms with Gasteiger partial charge in [-0.3, -0.25) is 4.79 Å². The van der Waals surface area contributed by atoms with Crippen LogP contribution in [0.5, 0.6) is 0 Å². The Morgan fingerprint density at radius 3 is 2.33 bits per heavy atom. The maximum absolute atomic E-state index is 14.1. The van der Waals surface area contributed by atoms with Crippen molar-refractivity contribution >= 4 is 27.7 Å². The van der Waals surface area contributed by atoms with Gasteiger partial charge in [-0.2, -0.15) is 0 Å². The first-order chi connectivity index (χ1) is 19.2. The molecule has 7 rings (SSSR count). The summed E-state index contributed by atoms with van der Waals surface area (Å²) in [5, 5.41) is 10.6. The summed E-state index contributed by atoms with van der Waals surface area (Å²) in [6, 6.07) is 33.6. The lowest BCUT2D eigenvalue weighted by Gasteiger charge is -2.43. The normalized spacial score (nSPS) is 17.2. The number of benzene rings is 4. The zero-order valence-electron chi connectivity index (χ0n) is 21.8. The van der Waals surface area contributed by atoms with E-state index in [1.165, 1.54) is 27.4 Å². The van der Waals surface area contributed by atoms with Gasteiger partial charge in [-0.15, -0.1) is 10.2 Å². The summed E-state index contributed by atoms with van der Waals surface area (Å²) in [4.78, 5) is 16.2. The van der Waals surface area contributed by atoms with E-state index in [2.05, 4.69) is 99.5 Å². The van der Waals surface area contributed by atoms with E-state index in [-0.39, 0.29) is 17.9 Å². The fourth-order valence-corrected chi connectivity index (χ4v) is 6.34. The quantitative estimate of drug-likeness (QED) is 0.270. The summed E-state index contributed by atoms with van der Waals surface area (Å²) in [6.07, 6.45) is 4.32. The van der Waals surface area contributed by atoms with Crippen LogP contribution in [0.4, 0.5) is 0 Å². The van der Waals surface area contributed by atoms with Gasteiger partial charge in [-0.25, -0.2) is 0 Å². The molecule has 0 fully saturated rings. The van der Waals surface area contributed by atoms with Crippen LogP contribution in [0.1, 0.15) is 39.0 Å². The number of fused-ring (bicyclic) bond motifs is 4. The van der Waals surface area contributed by atoms with E-state index in [1.54, 1.807) is 12.7 Å². The van der Waals surface area contributed by atoms with Gasteiger partial charge in [0.1, 0.15) is 12.7 Å². The molecular weight excluding hydrogens is 482 g/mol. The highest BCUT2D eigenvalue weighted by Gasteiger charge is 2.40. The molecule has 1 aliphatic rings. The predicted octanol–water partition coefficient (Wildman–Crippen LogP) is 6.15. The topological polar surface area (TPSA) is 56.0 Å². The number of rotatable bonds is 6. The molecule has 1 aliphatic heterocycles. The molecule has 0 radical (unpaired) electrons. The molecule has 3 heterocycles. The van der Waals surface area contributed by atoms with Crippen LogP contribution in [0.15, 0.2) is 110 Å². The number of carbonyl (C=O) groups excluding carboxylic acids is 1. The van der Waals surface area contributed by atoms with Crippen LogP contribution >= 0.6 is 0 Å². The second kappa shape index (κ2) is 9.55. The molecule has 4 aromatic carbocycles. The molecular formula is C33H29N5O. The van der Waals surface area contributed by atoms with Gasteiger partial charge in [0.25, 0.3) is 5.91 Å². The monoisotopic (exact) mass is 511 g/mol. The van der Waals surface area contributed by atoms with Gasteiger partial charge in [0.05, 0.1) is 6.04 Å². The smallest absolute Gasteiger partial charge is 0.254 e. The third-order valence-electron chi connectivity index (χ3n) is 8.21. The lowest BCUT2D eigenvalue weighted by Crippen LogP contribution is -2.44. The Hall–Kier alpha value is -4.71. The van der Waals surface area contributed by atoms with Gasteiger partial charge in [0.15, 0.2) is 0 Å². The standard InChI is InChI=1S/C33H29N5O/c1-36-30-14-8-7-12-26(30)28-19-24(15-16-31(28)36)32-29(20-37-21-34-35-22-37)25-11-5-6-13-27(25)33(39)38(32)18-17-23-9-3-2-4-10-23/h2-16,19,21-22,29,32H,17-18,20H2,1H3/t29-,32+/m1/s1. The molecule has 0 spiro atoms. The molecule has 2 atom stereocenters. The number of amides is 1. The van der Waals surface area contributed by atoms with Gasteiger partial charge in [-0.1, -0.05) is 72.8 Å². The van der Waals surface area contributed by atoms with Crippen molar-refractivity contribution in [2.75, 3.05) is 6.54 Å². The third kappa shape index (κ3) is 4.00. The van der Waals surface area contributed by atoms with Gasteiger partial charge in [0.2, 0.25) is 0 Å². The van der Waals surface area contributed by atoms with Crippen LogP contribution in [0.25, 0.3) is 21.8 Å².